The highest BCUT2D eigenvalue weighted by atomic mass is 19.2. The number of rotatable bonds is 12. The largest absolute Gasteiger partial charge is 0.494 e. The molecule has 0 unspecified atom stereocenters. The number of anilines is 1. The predicted octanol–water partition coefficient (Wildman–Crippen LogP) is 8.44. The summed E-state index contributed by atoms with van der Waals surface area (Å²) in [6.45, 7) is 5.22. The Kier molecular flexibility index (Phi) is 9.55. The van der Waals surface area contributed by atoms with Gasteiger partial charge >= 0.3 is 0 Å². The quantitative estimate of drug-likeness (QED) is 0.119. The highest BCUT2D eigenvalue weighted by Crippen LogP contribution is 2.37. The Morgan fingerprint density at radius 2 is 1.93 bits per heavy atom. The SMILES string of the molecule is C=CCCCCC(=N)CC(=O)c1ccc(N/C2=C\C/C=C\C=C3\C(c4ccc(OC)c(F)c4F)=CN=C23)c(F)c1C. The van der Waals surface area contributed by atoms with Crippen molar-refractivity contribution in [3.05, 3.63) is 113 Å². The van der Waals surface area contributed by atoms with Crippen LogP contribution in [0.4, 0.5) is 18.9 Å². The monoisotopic (exact) mass is 559 g/mol. The van der Waals surface area contributed by atoms with Crippen molar-refractivity contribution in [2.75, 3.05) is 12.4 Å². The van der Waals surface area contributed by atoms with Crippen LogP contribution in [0.2, 0.25) is 0 Å². The number of ketones is 1. The van der Waals surface area contributed by atoms with Gasteiger partial charge in [0.1, 0.15) is 5.82 Å². The first kappa shape index (κ1) is 29.5. The maximum Gasteiger partial charge on any atom is 0.201 e. The van der Waals surface area contributed by atoms with E-state index in [0.717, 1.165) is 19.3 Å². The summed E-state index contributed by atoms with van der Waals surface area (Å²) in [5.41, 5.74) is 2.76. The van der Waals surface area contributed by atoms with Crippen LogP contribution in [0.5, 0.6) is 5.75 Å². The van der Waals surface area contributed by atoms with Crippen molar-refractivity contribution in [3.63, 3.8) is 0 Å². The molecule has 1 aliphatic carbocycles. The number of methoxy groups -OCH3 is 1. The van der Waals surface area contributed by atoms with Gasteiger partial charge in [0, 0.05) is 40.6 Å². The minimum absolute atomic E-state index is 0.0257. The van der Waals surface area contributed by atoms with E-state index in [-0.39, 0.29) is 40.3 Å². The molecular weight excluding hydrogens is 527 g/mol. The van der Waals surface area contributed by atoms with Crippen LogP contribution in [0, 0.1) is 29.8 Å². The minimum Gasteiger partial charge on any atom is -0.494 e. The number of Topliss-reactive ketones (excluding diaryl/α,β-unsaturated/α-hetero) is 1. The summed E-state index contributed by atoms with van der Waals surface area (Å²) in [5, 5.41) is 11.2. The Balaban J connectivity index is 1.53. The van der Waals surface area contributed by atoms with Crippen molar-refractivity contribution < 1.29 is 22.7 Å². The highest BCUT2D eigenvalue weighted by molar-refractivity contribution is 6.25. The van der Waals surface area contributed by atoms with Crippen LogP contribution >= 0.6 is 0 Å². The van der Waals surface area contributed by atoms with E-state index in [1.165, 1.54) is 38.4 Å². The van der Waals surface area contributed by atoms with Gasteiger partial charge in [-0.25, -0.2) is 8.78 Å². The third-order valence-electron chi connectivity index (χ3n) is 7.00. The van der Waals surface area contributed by atoms with Gasteiger partial charge in [-0.1, -0.05) is 30.4 Å². The number of benzene rings is 2. The molecule has 41 heavy (non-hydrogen) atoms. The van der Waals surface area contributed by atoms with Gasteiger partial charge in [-0.15, -0.1) is 6.58 Å². The zero-order valence-corrected chi connectivity index (χ0v) is 23.1. The van der Waals surface area contributed by atoms with Gasteiger partial charge in [-0.2, -0.15) is 4.39 Å². The van der Waals surface area contributed by atoms with Gasteiger partial charge in [0.2, 0.25) is 5.82 Å². The van der Waals surface area contributed by atoms with Gasteiger partial charge in [-0.3, -0.25) is 9.79 Å². The van der Waals surface area contributed by atoms with Crippen molar-refractivity contribution in [2.45, 2.75) is 45.4 Å². The summed E-state index contributed by atoms with van der Waals surface area (Å²) in [6.07, 6.45) is 14.1. The average molecular weight is 560 g/mol. The van der Waals surface area contributed by atoms with Gasteiger partial charge in [-0.05, 0) is 68.9 Å². The first-order valence-electron chi connectivity index (χ1n) is 13.4. The molecule has 0 aromatic heterocycles. The van der Waals surface area contributed by atoms with E-state index in [1.807, 2.05) is 18.2 Å². The van der Waals surface area contributed by atoms with Crippen LogP contribution in [-0.4, -0.2) is 24.3 Å². The number of allylic oxidation sites excluding steroid dienone is 7. The van der Waals surface area contributed by atoms with Crippen LogP contribution in [0.15, 0.2) is 83.7 Å². The number of hydrogen-bond donors (Lipinski definition) is 2. The van der Waals surface area contributed by atoms with Crippen molar-refractivity contribution in [3.8, 4) is 5.75 Å². The topological polar surface area (TPSA) is 74.5 Å². The van der Waals surface area contributed by atoms with Crippen LogP contribution < -0.4 is 10.1 Å². The lowest BCUT2D eigenvalue weighted by Crippen LogP contribution is -2.16. The molecule has 0 atom stereocenters. The summed E-state index contributed by atoms with van der Waals surface area (Å²) in [6, 6.07) is 5.84. The number of carbonyl (C=O) groups excluding carboxylic acids is 1. The molecule has 1 heterocycles. The summed E-state index contributed by atoms with van der Waals surface area (Å²) in [5.74, 6) is -3.24. The number of nitrogens with zero attached hydrogens (tertiary/aromatic N) is 1. The number of hydrogen-bond acceptors (Lipinski definition) is 5. The average Bonchev–Trinajstić information content (AvgIpc) is 3.35. The Hall–Kier alpha value is -4.46. The Morgan fingerprint density at radius 3 is 2.68 bits per heavy atom. The zero-order chi connectivity index (χ0) is 29.5. The molecule has 0 saturated heterocycles. The van der Waals surface area contributed by atoms with Crippen LogP contribution in [0.3, 0.4) is 0 Å². The smallest absolute Gasteiger partial charge is 0.201 e. The molecular formula is C33H32F3N3O2. The molecule has 0 bridgehead atoms. The number of nitrogens with one attached hydrogen (secondary N) is 2. The van der Waals surface area contributed by atoms with E-state index < -0.39 is 17.5 Å². The molecule has 0 amide bonds. The van der Waals surface area contributed by atoms with Crippen molar-refractivity contribution >= 4 is 28.5 Å². The molecule has 0 radical (unpaired) electrons. The van der Waals surface area contributed by atoms with E-state index in [1.54, 1.807) is 18.2 Å². The second-order valence-corrected chi connectivity index (χ2v) is 9.79. The highest BCUT2D eigenvalue weighted by Gasteiger charge is 2.27. The fourth-order valence-corrected chi connectivity index (χ4v) is 4.76. The Morgan fingerprint density at radius 1 is 1.12 bits per heavy atom. The summed E-state index contributed by atoms with van der Waals surface area (Å²) >= 11 is 0. The zero-order valence-electron chi connectivity index (χ0n) is 23.1. The molecule has 0 saturated carbocycles. The lowest BCUT2D eigenvalue weighted by atomic mass is 9.93. The van der Waals surface area contributed by atoms with E-state index in [4.69, 9.17) is 10.1 Å². The number of halogens is 3. The fraction of sp³-hybridized carbons (Fsp3) is 0.242. The second-order valence-electron chi connectivity index (χ2n) is 9.79. The lowest BCUT2D eigenvalue weighted by molar-refractivity contribution is 0.0999. The van der Waals surface area contributed by atoms with Gasteiger partial charge in [0.05, 0.1) is 24.2 Å². The van der Waals surface area contributed by atoms with Crippen LogP contribution in [0.1, 0.15) is 60.0 Å². The molecule has 212 valence electrons. The maximum atomic E-state index is 15.5. The summed E-state index contributed by atoms with van der Waals surface area (Å²) < 4.78 is 49.8. The first-order chi connectivity index (χ1) is 19.8. The van der Waals surface area contributed by atoms with Crippen LogP contribution in [0.25, 0.3) is 5.57 Å². The molecule has 2 aliphatic rings. The fourth-order valence-electron chi connectivity index (χ4n) is 4.76. The van der Waals surface area contributed by atoms with Crippen LogP contribution in [-0.2, 0) is 0 Å². The molecule has 2 aromatic rings. The number of unbranched alkanes of at least 4 members (excludes halogenated alkanes) is 2. The van der Waals surface area contributed by atoms with Gasteiger partial charge in [0.15, 0.2) is 17.3 Å². The number of ether oxygens (including phenoxy) is 1. The molecule has 2 aromatic carbocycles. The van der Waals surface area contributed by atoms with Gasteiger partial charge in [0.25, 0.3) is 0 Å². The minimum atomic E-state index is -1.09. The molecule has 0 spiro atoms. The van der Waals surface area contributed by atoms with E-state index in [9.17, 15) is 13.6 Å². The molecule has 5 nitrogen and oxygen atoms in total. The van der Waals surface area contributed by atoms with E-state index in [0.29, 0.717) is 41.1 Å². The molecule has 0 fully saturated rings. The standard InChI is InChI=1S/C33H32F3N3O2/c1-4-5-6-8-11-21(37)18-28(40)22-14-16-26(30(34)20(22)2)39-27-13-10-7-9-12-24-25(19-38-33(24)27)23-15-17-29(41-3)32(36)31(23)35/h4,7,9,12-17,19,37,39H,1,5-6,8,10-11,18H2,2-3H3/b9-7-,24-12-,27-13-,37-21?. The number of aliphatic imine (C=N–C) groups is 1. The van der Waals surface area contributed by atoms with Crippen molar-refractivity contribution in [1.82, 2.24) is 0 Å². The first-order valence-corrected chi connectivity index (χ1v) is 13.4. The van der Waals surface area contributed by atoms with E-state index >= 15 is 4.39 Å². The number of fused-ring (bicyclic) bond motifs is 1. The summed E-state index contributed by atoms with van der Waals surface area (Å²) in [4.78, 5) is 17.3. The van der Waals surface area contributed by atoms with E-state index in [2.05, 4.69) is 16.9 Å². The third-order valence-corrected chi connectivity index (χ3v) is 7.00. The second kappa shape index (κ2) is 13.3. The molecule has 2 N–H and O–H groups in total. The Bertz CT molecular complexity index is 1550. The lowest BCUT2D eigenvalue weighted by Gasteiger charge is -2.18. The van der Waals surface area contributed by atoms with Crippen molar-refractivity contribution in [2.24, 2.45) is 4.99 Å². The molecule has 4 rings (SSSR count). The predicted molar refractivity (Wildman–Crippen MR) is 158 cm³/mol. The van der Waals surface area contributed by atoms with Gasteiger partial charge < -0.3 is 15.5 Å². The number of carbonyl (C=O) groups is 1. The molecule has 1 aliphatic heterocycles. The van der Waals surface area contributed by atoms with Crippen molar-refractivity contribution in [1.29, 1.82) is 5.41 Å². The summed E-state index contributed by atoms with van der Waals surface area (Å²) in [7, 11) is 1.26. The molecule has 8 heteroatoms. The normalized spacial score (nSPS) is 17.5. The maximum absolute atomic E-state index is 15.5. The third kappa shape index (κ3) is 6.48. The Labute approximate surface area is 238 Å².